The lowest BCUT2D eigenvalue weighted by Gasteiger charge is -2.35. The molecule has 5 rings (SSSR count). The van der Waals surface area contributed by atoms with Crippen molar-refractivity contribution >= 4 is 23.4 Å². The fourth-order valence-electron chi connectivity index (χ4n) is 4.24. The lowest BCUT2D eigenvalue weighted by atomic mass is 10.1. The zero-order valence-electron chi connectivity index (χ0n) is 19.3. The van der Waals surface area contributed by atoms with Gasteiger partial charge in [0.2, 0.25) is 5.88 Å². The standard InChI is InChI=1S/C23H22F3N7O4/c24-23(25,26)14-3-1-2-13(6-14)20-27-8-17-21(31-20)33(15-4-5-32(17)9-15)22(36)30-18-7-19(29-12-28-18)37-11-16(35)10-34/h1-3,6-8,12,15-16,34-35H,4-5,9-11H2,(H,28,29,30,36)/t15?,16-/m0/s1. The first-order valence-electron chi connectivity index (χ1n) is 11.4. The number of ether oxygens (including phenoxy) is 1. The van der Waals surface area contributed by atoms with Gasteiger partial charge < -0.3 is 19.8 Å². The van der Waals surface area contributed by atoms with E-state index in [4.69, 9.17) is 9.84 Å². The summed E-state index contributed by atoms with van der Waals surface area (Å²) in [6.07, 6.45) is -2.25. The second-order valence-corrected chi connectivity index (χ2v) is 8.56. The number of carbonyl (C=O) groups excluding carboxylic acids is 1. The molecule has 37 heavy (non-hydrogen) atoms. The van der Waals surface area contributed by atoms with E-state index < -0.39 is 30.5 Å². The van der Waals surface area contributed by atoms with Gasteiger partial charge >= 0.3 is 12.2 Å². The summed E-state index contributed by atoms with van der Waals surface area (Å²) in [6, 6.07) is 5.32. The summed E-state index contributed by atoms with van der Waals surface area (Å²) in [5.74, 6) is 0.552. The van der Waals surface area contributed by atoms with Crippen molar-refractivity contribution in [1.82, 2.24) is 19.9 Å². The highest BCUT2D eigenvalue weighted by Gasteiger charge is 2.41. The Labute approximate surface area is 208 Å². The van der Waals surface area contributed by atoms with Crippen molar-refractivity contribution in [2.75, 3.05) is 41.4 Å². The summed E-state index contributed by atoms with van der Waals surface area (Å²) in [5, 5.41) is 21.0. The van der Waals surface area contributed by atoms with Crippen LogP contribution in [0.4, 0.5) is 35.3 Å². The van der Waals surface area contributed by atoms with Gasteiger partial charge in [0.05, 0.1) is 30.1 Å². The minimum absolute atomic E-state index is 0.0605. The number of halogens is 3. The molecule has 194 valence electrons. The molecule has 2 atom stereocenters. The monoisotopic (exact) mass is 517 g/mol. The lowest BCUT2D eigenvalue weighted by Crippen LogP contribution is -2.48. The van der Waals surface area contributed by atoms with Crippen LogP contribution in [0.5, 0.6) is 5.88 Å². The highest BCUT2D eigenvalue weighted by Crippen LogP contribution is 2.40. The molecule has 11 nitrogen and oxygen atoms in total. The molecule has 14 heteroatoms. The van der Waals surface area contributed by atoms with Gasteiger partial charge in [-0.15, -0.1) is 0 Å². The van der Waals surface area contributed by atoms with Crippen molar-refractivity contribution in [2.45, 2.75) is 24.7 Å². The van der Waals surface area contributed by atoms with E-state index in [0.29, 0.717) is 25.2 Å². The van der Waals surface area contributed by atoms with E-state index >= 15 is 0 Å². The number of urea groups is 1. The molecule has 2 aromatic heterocycles. The van der Waals surface area contributed by atoms with Gasteiger partial charge in [0.25, 0.3) is 0 Å². The molecular weight excluding hydrogens is 495 g/mol. The van der Waals surface area contributed by atoms with E-state index in [1.165, 1.54) is 35.6 Å². The van der Waals surface area contributed by atoms with E-state index in [-0.39, 0.29) is 41.6 Å². The molecule has 1 fully saturated rings. The number of aromatic nitrogens is 4. The van der Waals surface area contributed by atoms with Crippen LogP contribution >= 0.6 is 0 Å². The molecule has 4 heterocycles. The number of fused-ring (bicyclic) bond motifs is 4. The summed E-state index contributed by atoms with van der Waals surface area (Å²) in [7, 11) is 0. The van der Waals surface area contributed by atoms with Gasteiger partial charge in [0.15, 0.2) is 11.6 Å². The molecule has 0 spiro atoms. The van der Waals surface area contributed by atoms with Gasteiger partial charge in [-0.3, -0.25) is 10.2 Å². The Kier molecular flexibility index (Phi) is 6.52. The number of amides is 2. The highest BCUT2D eigenvalue weighted by molar-refractivity contribution is 6.04. The molecule has 2 aliphatic heterocycles. The van der Waals surface area contributed by atoms with Gasteiger partial charge in [-0.2, -0.15) is 13.2 Å². The third-order valence-corrected chi connectivity index (χ3v) is 6.03. The number of carbonyl (C=O) groups is 1. The van der Waals surface area contributed by atoms with Crippen molar-refractivity contribution in [3.8, 4) is 17.3 Å². The number of hydrogen-bond donors (Lipinski definition) is 3. The Morgan fingerprint density at radius 2 is 2.08 bits per heavy atom. The average molecular weight is 517 g/mol. The average Bonchev–Trinajstić information content (AvgIpc) is 3.31. The van der Waals surface area contributed by atoms with Crippen LogP contribution in [-0.4, -0.2) is 74.6 Å². The minimum Gasteiger partial charge on any atom is -0.475 e. The van der Waals surface area contributed by atoms with Crippen LogP contribution in [-0.2, 0) is 6.18 Å². The first kappa shape index (κ1) is 24.6. The number of rotatable bonds is 6. The maximum absolute atomic E-state index is 13.4. The third kappa shape index (κ3) is 5.11. The second kappa shape index (κ2) is 9.78. The molecule has 2 bridgehead atoms. The first-order chi connectivity index (χ1) is 17.7. The topological polar surface area (TPSA) is 137 Å². The van der Waals surface area contributed by atoms with Crippen LogP contribution in [0, 0.1) is 0 Å². The first-order valence-corrected chi connectivity index (χ1v) is 11.4. The predicted molar refractivity (Wildman–Crippen MR) is 125 cm³/mol. The molecule has 0 aliphatic carbocycles. The van der Waals surface area contributed by atoms with Crippen molar-refractivity contribution in [2.24, 2.45) is 0 Å². The van der Waals surface area contributed by atoms with Gasteiger partial charge in [0.1, 0.15) is 24.9 Å². The number of alkyl halides is 3. The Balaban J connectivity index is 1.42. The summed E-state index contributed by atoms with van der Waals surface area (Å²) in [5.41, 5.74) is -0.0454. The number of benzene rings is 1. The quantitative estimate of drug-likeness (QED) is 0.450. The lowest BCUT2D eigenvalue weighted by molar-refractivity contribution is -0.137. The molecule has 0 saturated carbocycles. The van der Waals surface area contributed by atoms with Crippen LogP contribution in [0.15, 0.2) is 42.9 Å². The normalized spacial score (nSPS) is 17.4. The Bertz CT molecular complexity index is 1310. The van der Waals surface area contributed by atoms with E-state index in [1.54, 1.807) is 0 Å². The van der Waals surface area contributed by atoms with E-state index in [9.17, 15) is 23.1 Å². The SMILES string of the molecule is O=C(Nc1cc(OC[C@@H](O)CO)ncn1)N1c2nc(-c3cccc(C(F)(F)F)c3)ncc2N2CCC1C2. The van der Waals surface area contributed by atoms with Crippen molar-refractivity contribution in [3.05, 3.63) is 48.4 Å². The molecule has 1 aromatic carbocycles. The van der Waals surface area contributed by atoms with E-state index in [0.717, 1.165) is 12.1 Å². The molecule has 2 aliphatic rings. The van der Waals surface area contributed by atoms with Crippen LogP contribution < -0.4 is 19.9 Å². The smallest absolute Gasteiger partial charge is 0.416 e. The number of hydrogen-bond acceptors (Lipinski definition) is 9. The summed E-state index contributed by atoms with van der Waals surface area (Å²) in [4.78, 5) is 33.6. The molecule has 3 N–H and O–H groups in total. The second-order valence-electron chi connectivity index (χ2n) is 8.56. The number of nitrogens with zero attached hydrogens (tertiary/aromatic N) is 6. The van der Waals surface area contributed by atoms with Crippen molar-refractivity contribution in [1.29, 1.82) is 0 Å². The number of aliphatic hydroxyl groups is 2. The largest absolute Gasteiger partial charge is 0.475 e. The Morgan fingerprint density at radius 3 is 2.86 bits per heavy atom. The molecular formula is C23H22F3N7O4. The van der Waals surface area contributed by atoms with E-state index in [2.05, 4.69) is 25.3 Å². The molecule has 1 unspecified atom stereocenters. The summed E-state index contributed by atoms with van der Waals surface area (Å²) < 4.78 is 45.0. The fourth-order valence-corrected chi connectivity index (χ4v) is 4.24. The predicted octanol–water partition coefficient (Wildman–Crippen LogP) is 2.32. The minimum atomic E-state index is -4.52. The number of nitrogens with one attached hydrogen (secondary N) is 1. The van der Waals surface area contributed by atoms with Crippen LogP contribution in [0.3, 0.4) is 0 Å². The maximum atomic E-state index is 13.4. The van der Waals surface area contributed by atoms with Crippen LogP contribution in [0.2, 0.25) is 0 Å². The summed E-state index contributed by atoms with van der Waals surface area (Å²) in [6.45, 7) is 0.551. The zero-order chi connectivity index (χ0) is 26.2. The van der Waals surface area contributed by atoms with E-state index in [1.807, 2.05) is 4.90 Å². The van der Waals surface area contributed by atoms with Gasteiger partial charge in [-0.25, -0.2) is 24.7 Å². The number of anilines is 3. The maximum Gasteiger partial charge on any atom is 0.416 e. The van der Waals surface area contributed by atoms with Gasteiger partial charge in [0, 0.05) is 24.7 Å². The summed E-state index contributed by atoms with van der Waals surface area (Å²) >= 11 is 0. The highest BCUT2D eigenvalue weighted by atomic mass is 19.4. The zero-order valence-corrected chi connectivity index (χ0v) is 19.3. The Morgan fingerprint density at radius 1 is 1.24 bits per heavy atom. The fraction of sp³-hybridized carbons (Fsp3) is 0.348. The van der Waals surface area contributed by atoms with Crippen LogP contribution in [0.1, 0.15) is 12.0 Å². The van der Waals surface area contributed by atoms with Crippen LogP contribution in [0.25, 0.3) is 11.4 Å². The number of aliphatic hydroxyl groups excluding tert-OH is 2. The molecule has 0 radical (unpaired) electrons. The third-order valence-electron chi connectivity index (χ3n) is 6.03. The van der Waals surface area contributed by atoms with Gasteiger partial charge in [-0.1, -0.05) is 12.1 Å². The van der Waals surface area contributed by atoms with Crippen molar-refractivity contribution in [3.63, 3.8) is 0 Å². The Hall–Kier alpha value is -4.04. The molecule has 3 aromatic rings. The van der Waals surface area contributed by atoms with Crippen molar-refractivity contribution < 1.29 is 32.9 Å². The molecule has 1 saturated heterocycles. The van der Waals surface area contributed by atoms with Gasteiger partial charge in [-0.05, 0) is 18.6 Å². The molecule has 2 amide bonds.